The number of thiazole rings is 1. The van der Waals surface area contributed by atoms with Crippen molar-refractivity contribution < 1.29 is 35.5 Å². The summed E-state index contributed by atoms with van der Waals surface area (Å²) < 4.78 is 85.5. The van der Waals surface area contributed by atoms with Gasteiger partial charge in [0.1, 0.15) is 11.6 Å². The van der Waals surface area contributed by atoms with Crippen LogP contribution in [0.5, 0.6) is 5.75 Å². The van der Waals surface area contributed by atoms with Gasteiger partial charge in [-0.3, -0.25) is 14.4 Å². The summed E-state index contributed by atoms with van der Waals surface area (Å²) in [4.78, 5) is 16.8. The van der Waals surface area contributed by atoms with Gasteiger partial charge in [0, 0.05) is 17.6 Å². The monoisotopic (exact) mass is 473 g/mol. The Bertz CT molecular complexity index is 1260. The molecular weight excluding hydrogens is 462 g/mol. The molecule has 1 N–H and O–H groups in total. The zero-order valence-electron chi connectivity index (χ0n) is 15.2. The summed E-state index contributed by atoms with van der Waals surface area (Å²) in [6, 6.07) is 5.27. The maximum atomic E-state index is 14.5. The number of rotatable bonds is 4. The van der Waals surface area contributed by atoms with Gasteiger partial charge in [0.05, 0.1) is 21.8 Å². The third kappa shape index (κ3) is 4.05. The van der Waals surface area contributed by atoms with Crippen LogP contribution in [0.3, 0.4) is 0 Å². The Morgan fingerprint density at radius 1 is 1.13 bits per heavy atom. The molecule has 13 heteroatoms. The van der Waals surface area contributed by atoms with Crippen LogP contribution in [0.15, 0.2) is 52.9 Å². The third-order valence-electron chi connectivity index (χ3n) is 4.25. The molecular formula is C18H11F4N3O4S2. The molecule has 2 heterocycles. The Balaban J connectivity index is 1.72. The van der Waals surface area contributed by atoms with E-state index < -0.39 is 45.8 Å². The molecule has 7 nitrogen and oxygen atoms in total. The third-order valence-corrected chi connectivity index (χ3v) is 6.41. The highest BCUT2D eigenvalue weighted by Gasteiger charge is 2.34. The summed E-state index contributed by atoms with van der Waals surface area (Å²) in [5.74, 6) is -2.05. The molecule has 2 aromatic carbocycles. The van der Waals surface area contributed by atoms with Gasteiger partial charge in [-0.2, -0.15) is 13.2 Å². The van der Waals surface area contributed by atoms with Crippen LogP contribution in [0, 0.1) is 5.82 Å². The first kappa shape index (κ1) is 21.1. The van der Waals surface area contributed by atoms with E-state index in [4.69, 9.17) is 4.74 Å². The van der Waals surface area contributed by atoms with Crippen molar-refractivity contribution in [2.24, 2.45) is 0 Å². The van der Waals surface area contributed by atoms with Crippen LogP contribution in [0.4, 0.5) is 34.1 Å². The topological polar surface area (TPSA) is 88.6 Å². The number of alkyl halides is 3. The van der Waals surface area contributed by atoms with Gasteiger partial charge >= 0.3 is 6.18 Å². The molecule has 1 amide bonds. The summed E-state index contributed by atoms with van der Waals surface area (Å²) in [5, 5.41) is 1.72. The van der Waals surface area contributed by atoms with E-state index in [1.807, 2.05) is 0 Å². The number of sulfonamides is 1. The van der Waals surface area contributed by atoms with E-state index in [0.29, 0.717) is 6.07 Å². The van der Waals surface area contributed by atoms with Crippen molar-refractivity contribution in [1.29, 1.82) is 0 Å². The van der Waals surface area contributed by atoms with Crippen molar-refractivity contribution in [2.75, 3.05) is 16.2 Å². The number of hydrogen-bond donors (Lipinski definition) is 1. The number of hydrogen-bond acceptors (Lipinski definition) is 6. The second-order valence-electron chi connectivity index (χ2n) is 6.25. The number of aromatic nitrogens is 1. The minimum atomic E-state index is -4.75. The van der Waals surface area contributed by atoms with Crippen LogP contribution in [-0.2, 0) is 21.0 Å². The smallest absolute Gasteiger partial charge is 0.416 e. The zero-order valence-corrected chi connectivity index (χ0v) is 16.8. The van der Waals surface area contributed by atoms with Gasteiger partial charge in [-0.05, 0) is 30.3 Å². The van der Waals surface area contributed by atoms with Crippen molar-refractivity contribution in [3.63, 3.8) is 0 Å². The normalized spacial score (nSPS) is 14.2. The number of nitrogens with zero attached hydrogens (tertiary/aromatic N) is 2. The van der Waals surface area contributed by atoms with Crippen LogP contribution >= 0.6 is 11.3 Å². The lowest BCUT2D eigenvalue weighted by Crippen LogP contribution is -2.35. The van der Waals surface area contributed by atoms with E-state index in [1.165, 1.54) is 12.3 Å². The van der Waals surface area contributed by atoms with E-state index >= 15 is 0 Å². The summed E-state index contributed by atoms with van der Waals surface area (Å²) in [7, 11) is -4.03. The number of anilines is 3. The van der Waals surface area contributed by atoms with Crippen molar-refractivity contribution in [3.05, 3.63) is 59.4 Å². The average molecular weight is 473 g/mol. The molecule has 162 valence electrons. The first-order valence-electron chi connectivity index (χ1n) is 8.45. The summed E-state index contributed by atoms with van der Waals surface area (Å²) in [5.41, 5.74) is -1.63. The van der Waals surface area contributed by atoms with Crippen LogP contribution in [-0.4, -0.2) is 25.9 Å². The minimum absolute atomic E-state index is 0.0110. The van der Waals surface area contributed by atoms with Crippen molar-refractivity contribution in [2.45, 2.75) is 11.1 Å². The number of nitrogens with one attached hydrogen (secondary N) is 1. The molecule has 31 heavy (non-hydrogen) atoms. The second kappa shape index (κ2) is 7.50. The Kier molecular flexibility index (Phi) is 5.09. The molecule has 1 aliphatic rings. The molecule has 0 fully saturated rings. The van der Waals surface area contributed by atoms with E-state index in [-0.39, 0.29) is 27.5 Å². The van der Waals surface area contributed by atoms with E-state index in [9.17, 15) is 30.8 Å². The van der Waals surface area contributed by atoms with Gasteiger partial charge in [-0.25, -0.2) is 17.8 Å². The lowest BCUT2D eigenvalue weighted by atomic mass is 10.1. The number of ether oxygens (including phenoxy) is 1. The number of amides is 1. The quantitative estimate of drug-likeness (QED) is 0.575. The fraction of sp³-hybridized carbons (Fsp3) is 0.111. The molecule has 0 spiro atoms. The molecule has 0 unspecified atom stereocenters. The fourth-order valence-electron chi connectivity index (χ4n) is 2.88. The summed E-state index contributed by atoms with van der Waals surface area (Å²) >= 11 is 1.07. The highest BCUT2D eigenvalue weighted by Crippen LogP contribution is 2.41. The predicted molar refractivity (Wildman–Crippen MR) is 103 cm³/mol. The number of benzene rings is 2. The Hall–Kier alpha value is -3.19. The van der Waals surface area contributed by atoms with E-state index in [1.54, 1.807) is 5.38 Å². The molecule has 0 saturated carbocycles. The van der Waals surface area contributed by atoms with Crippen molar-refractivity contribution >= 4 is 43.8 Å². The Labute approximate surface area is 177 Å². The second-order valence-corrected chi connectivity index (χ2v) is 8.83. The highest BCUT2D eigenvalue weighted by atomic mass is 32.2. The highest BCUT2D eigenvalue weighted by molar-refractivity contribution is 7.93. The zero-order chi connectivity index (χ0) is 22.4. The summed E-state index contributed by atoms with van der Waals surface area (Å²) in [6.07, 6.45) is -3.33. The van der Waals surface area contributed by atoms with Gasteiger partial charge in [0.25, 0.3) is 15.9 Å². The van der Waals surface area contributed by atoms with Gasteiger partial charge in [-0.1, -0.05) is 0 Å². The fourth-order valence-corrected chi connectivity index (χ4v) is 4.68. The van der Waals surface area contributed by atoms with Crippen LogP contribution in [0.2, 0.25) is 0 Å². The number of halogens is 4. The first-order valence-corrected chi connectivity index (χ1v) is 10.8. The van der Waals surface area contributed by atoms with Crippen molar-refractivity contribution in [1.82, 2.24) is 4.98 Å². The van der Waals surface area contributed by atoms with Crippen LogP contribution in [0.1, 0.15) is 5.56 Å². The molecule has 0 atom stereocenters. The largest absolute Gasteiger partial charge is 0.481 e. The lowest BCUT2D eigenvalue weighted by Gasteiger charge is -2.30. The Morgan fingerprint density at radius 3 is 2.52 bits per heavy atom. The van der Waals surface area contributed by atoms with Gasteiger partial charge in [-0.15, -0.1) is 11.3 Å². The molecule has 1 aromatic heterocycles. The summed E-state index contributed by atoms with van der Waals surface area (Å²) in [6.45, 7) is -0.559. The standard InChI is InChI=1S/C18H11F4N3O4S2/c19-12-7-10(18(20,21)22)1-3-13(12)25-14-4-2-11(8-15(14)29-9-16(25)26)31(27,28)24-17-23-5-6-30-17/h1-8H,9H2,(H,23,24). The molecule has 0 saturated heterocycles. The maximum Gasteiger partial charge on any atom is 0.416 e. The van der Waals surface area contributed by atoms with E-state index in [2.05, 4.69) is 9.71 Å². The van der Waals surface area contributed by atoms with Gasteiger partial charge in [0.2, 0.25) is 0 Å². The molecule has 0 bridgehead atoms. The Morgan fingerprint density at radius 2 is 1.87 bits per heavy atom. The maximum absolute atomic E-state index is 14.5. The van der Waals surface area contributed by atoms with Gasteiger partial charge < -0.3 is 4.74 Å². The number of fused-ring (bicyclic) bond motifs is 1. The number of carbonyl (C=O) groups excluding carboxylic acids is 1. The SMILES string of the molecule is O=C1COc2cc(S(=O)(=O)Nc3nccs3)ccc2N1c1ccc(C(F)(F)F)cc1F. The van der Waals surface area contributed by atoms with Gasteiger partial charge in [0.15, 0.2) is 11.7 Å². The van der Waals surface area contributed by atoms with E-state index in [0.717, 1.165) is 34.4 Å². The lowest BCUT2D eigenvalue weighted by molar-refractivity contribution is -0.137. The molecule has 4 rings (SSSR count). The predicted octanol–water partition coefficient (Wildman–Crippen LogP) is 4.16. The molecule has 1 aliphatic heterocycles. The molecule has 0 aliphatic carbocycles. The molecule has 3 aromatic rings. The van der Waals surface area contributed by atoms with Crippen LogP contribution in [0.25, 0.3) is 0 Å². The average Bonchev–Trinajstić information content (AvgIpc) is 3.19. The minimum Gasteiger partial charge on any atom is -0.481 e. The van der Waals surface area contributed by atoms with Crippen molar-refractivity contribution in [3.8, 4) is 5.75 Å². The first-order chi connectivity index (χ1) is 14.6. The molecule has 0 radical (unpaired) electrons. The number of carbonyl (C=O) groups is 1. The van der Waals surface area contributed by atoms with Crippen LogP contribution < -0.4 is 14.4 Å².